The molecule has 2 aliphatic rings. The molecule has 0 aromatic heterocycles. The van der Waals surface area contributed by atoms with Crippen molar-refractivity contribution in [2.75, 3.05) is 6.61 Å². The molecule has 1 N–H and O–H groups in total. The summed E-state index contributed by atoms with van der Waals surface area (Å²) in [6.07, 6.45) is 0.194. The highest BCUT2D eigenvalue weighted by Crippen LogP contribution is 2.51. The van der Waals surface area contributed by atoms with Crippen LogP contribution in [-0.2, 0) is 21.6 Å². The van der Waals surface area contributed by atoms with Crippen molar-refractivity contribution < 1.29 is 24.3 Å². The number of esters is 1. The number of hydrogen-bond donors (Lipinski definition) is 1. The summed E-state index contributed by atoms with van der Waals surface area (Å²) >= 11 is 0. The van der Waals surface area contributed by atoms with E-state index < -0.39 is 22.6 Å². The highest BCUT2D eigenvalue weighted by Gasteiger charge is 2.55. The number of nitro groups is 1. The molecule has 1 heterocycles. The Kier molecular flexibility index (Phi) is 3.09. The van der Waals surface area contributed by atoms with Gasteiger partial charge in [-0.05, 0) is 32.3 Å². The lowest BCUT2D eigenvalue weighted by molar-refractivity contribution is -0.385. The number of benzene rings is 1. The average molecular weight is 293 g/mol. The van der Waals surface area contributed by atoms with E-state index in [0.29, 0.717) is 36.1 Å². The van der Waals surface area contributed by atoms with Crippen LogP contribution in [0.2, 0.25) is 0 Å². The van der Waals surface area contributed by atoms with Crippen LogP contribution in [-0.4, -0.2) is 28.7 Å². The van der Waals surface area contributed by atoms with Gasteiger partial charge in [0, 0.05) is 17.2 Å². The Morgan fingerprint density at radius 3 is 3.05 bits per heavy atom. The summed E-state index contributed by atoms with van der Waals surface area (Å²) < 4.78 is 10.5. The third kappa shape index (κ3) is 1.88. The van der Waals surface area contributed by atoms with Gasteiger partial charge in [0.05, 0.1) is 11.5 Å². The minimum absolute atomic E-state index is 0.0417. The van der Waals surface area contributed by atoms with Gasteiger partial charge in [-0.2, -0.15) is 0 Å². The van der Waals surface area contributed by atoms with E-state index in [4.69, 9.17) is 9.47 Å². The third-order valence-corrected chi connectivity index (χ3v) is 4.04. The monoisotopic (exact) mass is 293 g/mol. The van der Waals surface area contributed by atoms with Gasteiger partial charge >= 0.3 is 5.97 Å². The Morgan fingerprint density at radius 2 is 2.38 bits per heavy atom. The van der Waals surface area contributed by atoms with E-state index in [2.05, 4.69) is 0 Å². The molecule has 7 nitrogen and oxygen atoms in total. The van der Waals surface area contributed by atoms with E-state index in [9.17, 15) is 20.0 Å². The van der Waals surface area contributed by atoms with Crippen LogP contribution in [0.4, 0.5) is 5.69 Å². The summed E-state index contributed by atoms with van der Waals surface area (Å²) in [5, 5.41) is 22.0. The number of carbonyl (C=O) groups excluding carboxylic acids is 1. The summed E-state index contributed by atoms with van der Waals surface area (Å²) in [4.78, 5) is 22.7. The fourth-order valence-electron chi connectivity index (χ4n) is 3.22. The van der Waals surface area contributed by atoms with Crippen LogP contribution in [0.5, 0.6) is 5.75 Å². The SMILES string of the molecule is CCOC(=O)[C@@H]1Oc2ccc([N+](=O)[O-])c3c2[C@@]1(O)CCC3. The molecule has 0 unspecified atom stereocenters. The van der Waals surface area contributed by atoms with Crippen LogP contribution < -0.4 is 4.74 Å². The standard InChI is InChI=1S/C14H15NO6/c1-2-20-13(16)12-14(17)7-3-4-8-9(15(18)19)5-6-10(21-12)11(8)14/h5-6,12,17H,2-4,7H2,1H3/t12-,14-/m0/s1. The fourth-order valence-corrected chi connectivity index (χ4v) is 3.22. The molecule has 0 saturated carbocycles. The van der Waals surface area contributed by atoms with Gasteiger partial charge in [0.25, 0.3) is 5.69 Å². The molecule has 1 aliphatic carbocycles. The molecule has 3 rings (SSSR count). The zero-order valence-corrected chi connectivity index (χ0v) is 11.5. The van der Waals surface area contributed by atoms with Crippen molar-refractivity contribution in [2.24, 2.45) is 0 Å². The van der Waals surface area contributed by atoms with Crippen molar-refractivity contribution in [3.8, 4) is 5.75 Å². The molecule has 0 amide bonds. The second-order valence-electron chi connectivity index (χ2n) is 5.22. The molecular weight excluding hydrogens is 278 g/mol. The van der Waals surface area contributed by atoms with Crippen LogP contribution in [0.15, 0.2) is 12.1 Å². The summed E-state index contributed by atoms with van der Waals surface area (Å²) in [6, 6.07) is 2.79. The lowest BCUT2D eigenvalue weighted by atomic mass is 9.76. The molecule has 0 saturated heterocycles. The molecule has 0 spiro atoms. The molecule has 0 radical (unpaired) electrons. The number of ether oxygens (including phenoxy) is 2. The van der Waals surface area contributed by atoms with Gasteiger partial charge in [-0.15, -0.1) is 0 Å². The van der Waals surface area contributed by atoms with Crippen LogP contribution in [0.3, 0.4) is 0 Å². The molecule has 0 bridgehead atoms. The minimum atomic E-state index is -1.54. The lowest BCUT2D eigenvalue weighted by Crippen LogP contribution is -2.46. The van der Waals surface area contributed by atoms with Crippen molar-refractivity contribution in [1.29, 1.82) is 0 Å². The van der Waals surface area contributed by atoms with Crippen LogP contribution in [0, 0.1) is 10.1 Å². The number of hydrogen-bond acceptors (Lipinski definition) is 6. The maximum atomic E-state index is 12.0. The molecule has 1 aliphatic heterocycles. The van der Waals surface area contributed by atoms with E-state index in [1.54, 1.807) is 6.92 Å². The van der Waals surface area contributed by atoms with Gasteiger partial charge in [-0.25, -0.2) is 4.79 Å². The summed E-state index contributed by atoms with van der Waals surface area (Å²) in [6.45, 7) is 1.85. The number of nitro benzene ring substituents is 1. The van der Waals surface area contributed by atoms with E-state index in [1.165, 1.54) is 12.1 Å². The van der Waals surface area contributed by atoms with Crippen molar-refractivity contribution in [2.45, 2.75) is 37.9 Å². The number of rotatable bonds is 3. The van der Waals surface area contributed by atoms with E-state index in [0.717, 1.165) is 0 Å². The predicted molar refractivity (Wildman–Crippen MR) is 71.0 cm³/mol. The van der Waals surface area contributed by atoms with Gasteiger partial charge in [0.1, 0.15) is 11.4 Å². The minimum Gasteiger partial charge on any atom is -0.475 e. The van der Waals surface area contributed by atoms with Gasteiger partial charge < -0.3 is 14.6 Å². The molecule has 0 fully saturated rings. The Balaban J connectivity index is 2.12. The molecule has 112 valence electrons. The van der Waals surface area contributed by atoms with E-state index in [1.807, 2.05) is 0 Å². The molecule has 21 heavy (non-hydrogen) atoms. The number of carbonyl (C=O) groups is 1. The molecule has 1 aromatic rings. The molecular formula is C14H15NO6. The Labute approximate surface area is 120 Å². The Bertz CT molecular complexity index is 628. The lowest BCUT2D eigenvalue weighted by Gasteiger charge is -2.31. The quantitative estimate of drug-likeness (QED) is 0.514. The number of aliphatic hydroxyl groups is 1. The van der Waals surface area contributed by atoms with Crippen LogP contribution in [0.25, 0.3) is 0 Å². The maximum absolute atomic E-state index is 12.0. The normalized spacial score (nSPS) is 25.9. The zero-order chi connectivity index (χ0) is 15.2. The van der Waals surface area contributed by atoms with E-state index >= 15 is 0 Å². The largest absolute Gasteiger partial charge is 0.475 e. The van der Waals surface area contributed by atoms with Gasteiger partial charge in [0.2, 0.25) is 6.10 Å². The average Bonchev–Trinajstić information content (AvgIpc) is 2.74. The first-order chi connectivity index (χ1) is 9.99. The second kappa shape index (κ2) is 4.70. The Hall–Kier alpha value is -2.15. The molecule has 1 aromatic carbocycles. The van der Waals surface area contributed by atoms with Crippen molar-refractivity contribution in [1.82, 2.24) is 0 Å². The highest BCUT2D eigenvalue weighted by molar-refractivity contribution is 5.80. The smallest absolute Gasteiger partial charge is 0.350 e. The molecule has 7 heteroatoms. The van der Waals surface area contributed by atoms with Gasteiger partial charge in [-0.3, -0.25) is 10.1 Å². The topological polar surface area (TPSA) is 98.9 Å². The van der Waals surface area contributed by atoms with Crippen molar-refractivity contribution >= 4 is 11.7 Å². The maximum Gasteiger partial charge on any atom is 0.350 e. The zero-order valence-electron chi connectivity index (χ0n) is 11.5. The van der Waals surface area contributed by atoms with E-state index in [-0.39, 0.29) is 12.3 Å². The summed E-state index contributed by atoms with van der Waals surface area (Å²) in [5.41, 5.74) is -0.750. The molecule has 2 atom stereocenters. The van der Waals surface area contributed by atoms with Gasteiger partial charge in [-0.1, -0.05) is 0 Å². The Morgan fingerprint density at radius 1 is 1.62 bits per heavy atom. The first-order valence-electron chi connectivity index (χ1n) is 6.85. The summed E-state index contributed by atoms with van der Waals surface area (Å²) in [5.74, 6) is -0.317. The third-order valence-electron chi connectivity index (χ3n) is 4.04. The predicted octanol–water partition coefficient (Wildman–Crippen LogP) is 1.44. The van der Waals surface area contributed by atoms with Gasteiger partial charge in [0.15, 0.2) is 0 Å². The second-order valence-corrected chi connectivity index (χ2v) is 5.22. The number of nitrogens with zero attached hydrogens (tertiary/aromatic N) is 1. The van der Waals surface area contributed by atoms with Crippen molar-refractivity contribution in [3.05, 3.63) is 33.4 Å². The van der Waals surface area contributed by atoms with Crippen molar-refractivity contribution in [3.63, 3.8) is 0 Å². The fraction of sp³-hybridized carbons (Fsp3) is 0.500. The highest BCUT2D eigenvalue weighted by atomic mass is 16.6. The van der Waals surface area contributed by atoms with Crippen LogP contribution in [0.1, 0.15) is 30.9 Å². The first-order valence-corrected chi connectivity index (χ1v) is 6.85. The summed E-state index contributed by atoms with van der Waals surface area (Å²) in [7, 11) is 0. The van der Waals surface area contributed by atoms with Crippen LogP contribution >= 0.6 is 0 Å². The first kappa shape index (κ1) is 13.8.